The number of nitrogens with one attached hydrogen (secondary N) is 1. The number of amides is 1. The predicted molar refractivity (Wildman–Crippen MR) is 74.4 cm³/mol. The molecule has 1 amide bonds. The van der Waals surface area contributed by atoms with Crippen molar-refractivity contribution in [3.8, 4) is 5.75 Å². The van der Waals surface area contributed by atoms with E-state index >= 15 is 0 Å². The number of benzene rings is 1. The Hall–Kier alpha value is -1.95. The zero-order valence-electron chi connectivity index (χ0n) is 10.6. The molecule has 0 bridgehead atoms. The number of carbonyl (C=O) groups excluding carboxylic acids is 1. The number of carbonyl (C=O) groups is 1. The molecule has 0 aliphatic heterocycles. The average molecular weight is 277 g/mol. The van der Waals surface area contributed by atoms with Crippen LogP contribution in [0.3, 0.4) is 0 Å². The quantitative estimate of drug-likeness (QED) is 0.824. The van der Waals surface area contributed by atoms with Crippen LogP contribution in [0.25, 0.3) is 0 Å². The minimum Gasteiger partial charge on any atom is -0.494 e. The monoisotopic (exact) mass is 277 g/mol. The topological polar surface area (TPSA) is 64.1 Å². The molecular formula is C13H15N3O2S. The summed E-state index contributed by atoms with van der Waals surface area (Å²) in [5, 5.41) is 3.21. The number of rotatable bonds is 6. The molecule has 0 saturated heterocycles. The van der Waals surface area contributed by atoms with Crippen molar-refractivity contribution in [3.05, 3.63) is 36.2 Å². The van der Waals surface area contributed by atoms with Gasteiger partial charge in [0.05, 0.1) is 6.61 Å². The fraction of sp³-hybridized carbons (Fsp3) is 0.308. The third kappa shape index (κ3) is 4.67. The summed E-state index contributed by atoms with van der Waals surface area (Å²) in [7, 11) is 0. The first-order chi connectivity index (χ1) is 9.24. The maximum atomic E-state index is 11.5. The number of nitrogens with zero attached hydrogens (tertiary/aromatic N) is 2. The van der Waals surface area contributed by atoms with Crippen LogP contribution in [0.1, 0.15) is 18.4 Å². The highest BCUT2D eigenvalue weighted by molar-refractivity contribution is 7.09. The van der Waals surface area contributed by atoms with Gasteiger partial charge in [0.15, 0.2) is 0 Å². The van der Waals surface area contributed by atoms with Gasteiger partial charge in [0.2, 0.25) is 11.0 Å². The van der Waals surface area contributed by atoms with Crippen molar-refractivity contribution in [1.82, 2.24) is 9.36 Å². The van der Waals surface area contributed by atoms with Crippen LogP contribution in [0.15, 0.2) is 30.6 Å². The molecule has 0 aliphatic carbocycles. The normalized spacial score (nSPS) is 10.2. The van der Waals surface area contributed by atoms with Crippen molar-refractivity contribution in [3.63, 3.8) is 0 Å². The number of hydrogen-bond donors (Lipinski definition) is 1. The molecule has 100 valence electrons. The van der Waals surface area contributed by atoms with Crippen molar-refractivity contribution in [2.75, 3.05) is 11.9 Å². The molecule has 1 aromatic heterocycles. The SMILES string of the molecule is Cc1ccc(OCCCC(=O)Nc2ncns2)cc1. The Kier molecular flexibility index (Phi) is 4.85. The van der Waals surface area contributed by atoms with Crippen LogP contribution in [0.5, 0.6) is 5.75 Å². The maximum Gasteiger partial charge on any atom is 0.226 e. The number of anilines is 1. The first kappa shape index (κ1) is 13.5. The molecule has 0 radical (unpaired) electrons. The molecular weight excluding hydrogens is 262 g/mol. The molecule has 1 heterocycles. The standard InChI is InChI=1S/C13H15N3O2S/c1-10-4-6-11(7-5-10)18-8-2-3-12(17)16-13-14-9-15-19-13/h4-7,9H,2-3,8H2,1H3,(H,14,15,16,17). The summed E-state index contributed by atoms with van der Waals surface area (Å²) < 4.78 is 9.35. The van der Waals surface area contributed by atoms with Crippen LogP contribution in [0.2, 0.25) is 0 Å². The van der Waals surface area contributed by atoms with Crippen molar-refractivity contribution in [2.45, 2.75) is 19.8 Å². The van der Waals surface area contributed by atoms with Gasteiger partial charge in [-0.05, 0) is 25.5 Å². The Morgan fingerprint density at radius 2 is 2.16 bits per heavy atom. The van der Waals surface area contributed by atoms with Crippen LogP contribution < -0.4 is 10.1 Å². The van der Waals surface area contributed by atoms with Crippen LogP contribution in [-0.4, -0.2) is 21.9 Å². The van der Waals surface area contributed by atoms with Crippen molar-refractivity contribution >= 4 is 22.6 Å². The minimum atomic E-state index is -0.0655. The van der Waals surface area contributed by atoms with Gasteiger partial charge >= 0.3 is 0 Å². The number of aryl methyl sites for hydroxylation is 1. The fourth-order valence-corrected chi connectivity index (χ4v) is 1.92. The zero-order valence-corrected chi connectivity index (χ0v) is 11.4. The lowest BCUT2D eigenvalue weighted by atomic mass is 10.2. The van der Waals surface area contributed by atoms with E-state index in [2.05, 4.69) is 14.7 Å². The van der Waals surface area contributed by atoms with E-state index in [1.807, 2.05) is 31.2 Å². The predicted octanol–water partition coefficient (Wildman–Crippen LogP) is 2.64. The molecule has 1 aromatic carbocycles. The molecule has 5 nitrogen and oxygen atoms in total. The van der Waals surface area contributed by atoms with E-state index in [-0.39, 0.29) is 5.91 Å². The lowest BCUT2D eigenvalue weighted by Gasteiger charge is -2.06. The number of aromatic nitrogens is 2. The molecule has 6 heteroatoms. The highest BCUT2D eigenvalue weighted by atomic mass is 32.1. The highest BCUT2D eigenvalue weighted by Crippen LogP contribution is 2.12. The summed E-state index contributed by atoms with van der Waals surface area (Å²) in [6, 6.07) is 7.85. The van der Waals surface area contributed by atoms with Crippen LogP contribution in [-0.2, 0) is 4.79 Å². The van der Waals surface area contributed by atoms with Gasteiger partial charge in [-0.3, -0.25) is 4.79 Å². The molecule has 2 aromatic rings. The van der Waals surface area contributed by atoms with E-state index in [1.54, 1.807) is 0 Å². The Morgan fingerprint density at radius 3 is 2.84 bits per heavy atom. The fourth-order valence-electron chi connectivity index (χ4n) is 1.47. The third-order valence-corrected chi connectivity index (χ3v) is 3.03. The van der Waals surface area contributed by atoms with E-state index < -0.39 is 0 Å². The summed E-state index contributed by atoms with van der Waals surface area (Å²) in [4.78, 5) is 15.4. The summed E-state index contributed by atoms with van der Waals surface area (Å²) in [5.74, 6) is 0.763. The lowest BCUT2D eigenvalue weighted by molar-refractivity contribution is -0.116. The van der Waals surface area contributed by atoms with Gasteiger partial charge in [0, 0.05) is 18.0 Å². The lowest BCUT2D eigenvalue weighted by Crippen LogP contribution is -2.12. The van der Waals surface area contributed by atoms with E-state index in [1.165, 1.54) is 11.9 Å². The second-order valence-electron chi connectivity index (χ2n) is 4.06. The van der Waals surface area contributed by atoms with Crippen molar-refractivity contribution in [2.24, 2.45) is 0 Å². The highest BCUT2D eigenvalue weighted by Gasteiger charge is 2.04. The van der Waals surface area contributed by atoms with Gasteiger partial charge in [-0.25, -0.2) is 4.98 Å². The summed E-state index contributed by atoms with van der Waals surface area (Å²) in [6.07, 6.45) is 2.49. The molecule has 0 aliphatic rings. The van der Waals surface area contributed by atoms with E-state index in [4.69, 9.17) is 4.74 Å². The minimum absolute atomic E-state index is 0.0655. The average Bonchev–Trinajstić information content (AvgIpc) is 2.89. The first-order valence-corrected chi connectivity index (χ1v) is 6.77. The molecule has 1 N–H and O–H groups in total. The van der Waals surface area contributed by atoms with E-state index in [0.29, 0.717) is 24.6 Å². The Morgan fingerprint density at radius 1 is 1.37 bits per heavy atom. The van der Waals surface area contributed by atoms with Gasteiger partial charge < -0.3 is 10.1 Å². The first-order valence-electron chi connectivity index (χ1n) is 6.00. The third-order valence-electron chi connectivity index (χ3n) is 2.45. The molecule has 2 rings (SSSR count). The van der Waals surface area contributed by atoms with Gasteiger partial charge in [-0.15, -0.1) is 0 Å². The Labute approximate surface area is 115 Å². The second-order valence-corrected chi connectivity index (χ2v) is 4.84. The molecule has 0 fully saturated rings. The molecule has 0 unspecified atom stereocenters. The Bertz CT molecular complexity index is 511. The van der Waals surface area contributed by atoms with Crippen molar-refractivity contribution < 1.29 is 9.53 Å². The van der Waals surface area contributed by atoms with E-state index in [0.717, 1.165) is 17.3 Å². The summed E-state index contributed by atoms with van der Waals surface area (Å²) >= 11 is 1.16. The molecule has 0 saturated carbocycles. The van der Waals surface area contributed by atoms with Gasteiger partial charge in [-0.2, -0.15) is 4.37 Å². The van der Waals surface area contributed by atoms with Crippen molar-refractivity contribution in [1.29, 1.82) is 0 Å². The maximum absolute atomic E-state index is 11.5. The molecule has 0 spiro atoms. The smallest absolute Gasteiger partial charge is 0.226 e. The van der Waals surface area contributed by atoms with Gasteiger partial charge in [-0.1, -0.05) is 17.7 Å². The molecule has 0 atom stereocenters. The van der Waals surface area contributed by atoms with E-state index in [9.17, 15) is 4.79 Å². The van der Waals surface area contributed by atoms with Crippen LogP contribution in [0.4, 0.5) is 5.13 Å². The van der Waals surface area contributed by atoms with Gasteiger partial charge in [0.25, 0.3) is 0 Å². The second kappa shape index (κ2) is 6.84. The Balaban J connectivity index is 1.64. The molecule has 19 heavy (non-hydrogen) atoms. The zero-order chi connectivity index (χ0) is 13.5. The number of ether oxygens (including phenoxy) is 1. The number of hydrogen-bond acceptors (Lipinski definition) is 5. The summed E-state index contributed by atoms with van der Waals surface area (Å²) in [5.41, 5.74) is 1.20. The largest absolute Gasteiger partial charge is 0.494 e. The summed E-state index contributed by atoms with van der Waals surface area (Å²) in [6.45, 7) is 2.55. The van der Waals surface area contributed by atoms with Crippen LogP contribution >= 0.6 is 11.5 Å². The van der Waals surface area contributed by atoms with Gasteiger partial charge in [0.1, 0.15) is 12.1 Å². The van der Waals surface area contributed by atoms with Crippen LogP contribution in [0, 0.1) is 6.92 Å².